The minimum atomic E-state index is 0.265. The molecule has 1 N–H and O–H groups in total. The molecular weight excluding hydrogens is 268 g/mol. The summed E-state index contributed by atoms with van der Waals surface area (Å²) in [5.74, 6) is 0.941. The zero-order valence-electron chi connectivity index (χ0n) is 12.3. The zero-order valence-corrected chi connectivity index (χ0v) is 13.1. The fraction of sp³-hybridized carbons (Fsp3) is 0.438. The van der Waals surface area contributed by atoms with E-state index in [2.05, 4.69) is 43.2 Å². The van der Waals surface area contributed by atoms with Gasteiger partial charge < -0.3 is 10.1 Å². The second-order valence-corrected chi connectivity index (χ2v) is 5.82. The van der Waals surface area contributed by atoms with Crippen LogP contribution < -0.4 is 10.1 Å². The Morgan fingerprint density at radius 3 is 2.55 bits per heavy atom. The van der Waals surface area contributed by atoms with Crippen LogP contribution in [0.4, 0.5) is 0 Å². The quantitative estimate of drug-likeness (QED) is 0.823. The van der Waals surface area contributed by atoms with Crippen molar-refractivity contribution in [1.29, 1.82) is 0 Å². The van der Waals surface area contributed by atoms with Gasteiger partial charge in [0.25, 0.3) is 0 Å². The third-order valence-corrected chi connectivity index (χ3v) is 4.13. The first-order valence-corrected chi connectivity index (χ1v) is 7.97. The highest BCUT2D eigenvalue weighted by Gasteiger charge is 2.12. The Morgan fingerprint density at radius 1 is 1.20 bits per heavy atom. The van der Waals surface area contributed by atoms with Crippen molar-refractivity contribution in [1.82, 2.24) is 10.3 Å². The number of thiazole rings is 1. The Labute approximate surface area is 125 Å². The first kappa shape index (κ1) is 15.0. The van der Waals surface area contributed by atoms with E-state index in [1.165, 1.54) is 5.56 Å². The zero-order chi connectivity index (χ0) is 14.4. The van der Waals surface area contributed by atoms with Crippen LogP contribution >= 0.6 is 11.3 Å². The molecule has 0 aliphatic heterocycles. The fourth-order valence-electron chi connectivity index (χ4n) is 2.06. The van der Waals surface area contributed by atoms with Gasteiger partial charge in [0.05, 0.1) is 12.6 Å². The van der Waals surface area contributed by atoms with E-state index in [9.17, 15) is 0 Å². The van der Waals surface area contributed by atoms with E-state index in [4.69, 9.17) is 4.74 Å². The molecule has 0 amide bonds. The summed E-state index contributed by atoms with van der Waals surface area (Å²) in [6.45, 7) is 7.20. The van der Waals surface area contributed by atoms with Gasteiger partial charge in [0.15, 0.2) is 0 Å². The number of hydrogen-bond donors (Lipinski definition) is 1. The molecule has 1 aromatic heterocycles. The number of hydrogen-bond acceptors (Lipinski definition) is 4. The van der Waals surface area contributed by atoms with E-state index in [1.807, 2.05) is 23.7 Å². The van der Waals surface area contributed by atoms with Gasteiger partial charge in [-0.1, -0.05) is 19.1 Å². The van der Waals surface area contributed by atoms with Crippen molar-refractivity contribution in [2.24, 2.45) is 0 Å². The molecule has 2 atom stereocenters. The lowest BCUT2D eigenvalue weighted by Crippen LogP contribution is -2.22. The lowest BCUT2D eigenvalue weighted by Gasteiger charge is -2.19. The predicted molar refractivity (Wildman–Crippen MR) is 84.3 cm³/mol. The maximum atomic E-state index is 5.60. The molecule has 1 aromatic carbocycles. The molecule has 0 aliphatic carbocycles. The minimum Gasteiger partial charge on any atom is -0.494 e. The van der Waals surface area contributed by atoms with Gasteiger partial charge in [-0.15, -0.1) is 11.3 Å². The fourth-order valence-corrected chi connectivity index (χ4v) is 2.72. The summed E-state index contributed by atoms with van der Waals surface area (Å²) in [6, 6.07) is 8.87. The van der Waals surface area contributed by atoms with E-state index in [0.717, 1.165) is 23.8 Å². The van der Waals surface area contributed by atoms with Crippen LogP contribution in [0.5, 0.6) is 5.75 Å². The SMILES string of the molecule is CCCOc1ccc(C(C)NC(C)c2nccs2)cc1. The van der Waals surface area contributed by atoms with Crippen molar-refractivity contribution in [3.05, 3.63) is 46.4 Å². The molecule has 3 nitrogen and oxygen atoms in total. The van der Waals surface area contributed by atoms with Crippen LogP contribution in [-0.4, -0.2) is 11.6 Å². The Balaban J connectivity index is 1.93. The standard InChI is InChI=1S/C16H22N2OS/c1-4-10-19-15-7-5-14(6-8-15)12(2)18-13(3)16-17-9-11-20-16/h5-9,11-13,18H,4,10H2,1-3H3. The van der Waals surface area contributed by atoms with Gasteiger partial charge in [-0.25, -0.2) is 4.98 Å². The number of ether oxygens (including phenoxy) is 1. The molecule has 4 heteroatoms. The summed E-state index contributed by atoms with van der Waals surface area (Å²) in [6.07, 6.45) is 2.88. The molecule has 0 radical (unpaired) electrons. The van der Waals surface area contributed by atoms with Gasteiger partial charge in [-0.05, 0) is 38.0 Å². The molecule has 0 spiro atoms. The number of nitrogens with one attached hydrogen (secondary N) is 1. The molecular formula is C16H22N2OS. The number of benzene rings is 1. The Hall–Kier alpha value is -1.39. The van der Waals surface area contributed by atoms with Crippen LogP contribution in [0.25, 0.3) is 0 Å². The number of rotatable bonds is 7. The van der Waals surface area contributed by atoms with Crippen molar-refractivity contribution in [2.45, 2.75) is 39.3 Å². The smallest absolute Gasteiger partial charge is 0.119 e. The summed E-state index contributed by atoms with van der Waals surface area (Å²) in [5, 5.41) is 6.70. The molecule has 108 valence electrons. The third-order valence-electron chi connectivity index (χ3n) is 3.17. The van der Waals surface area contributed by atoms with Gasteiger partial charge in [-0.2, -0.15) is 0 Å². The first-order chi connectivity index (χ1) is 9.70. The minimum absolute atomic E-state index is 0.265. The lowest BCUT2D eigenvalue weighted by atomic mass is 10.1. The number of nitrogens with zero attached hydrogens (tertiary/aromatic N) is 1. The molecule has 0 fully saturated rings. The van der Waals surface area contributed by atoms with Crippen LogP contribution in [-0.2, 0) is 0 Å². The van der Waals surface area contributed by atoms with Crippen LogP contribution in [0, 0.1) is 0 Å². The van der Waals surface area contributed by atoms with Crippen LogP contribution in [0.15, 0.2) is 35.8 Å². The van der Waals surface area contributed by atoms with Crippen LogP contribution in [0.3, 0.4) is 0 Å². The van der Waals surface area contributed by atoms with Gasteiger partial charge in [0, 0.05) is 17.6 Å². The Bertz CT molecular complexity index is 496. The summed E-state index contributed by atoms with van der Waals surface area (Å²) in [7, 11) is 0. The van der Waals surface area contributed by atoms with E-state index in [0.29, 0.717) is 0 Å². The Morgan fingerprint density at radius 2 is 1.95 bits per heavy atom. The van der Waals surface area contributed by atoms with Gasteiger partial charge >= 0.3 is 0 Å². The summed E-state index contributed by atoms with van der Waals surface area (Å²) >= 11 is 1.69. The topological polar surface area (TPSA) is 34.1 Å². The van der Waals surface area contributed by atoms with Crippen LogP contribution in [0.1, 0.15) is 49.8 Å². The Kier molecular flexibility index (Phi) is 5.56. The van der Waals surface area contributed by atoms with Crippen molar-refractivity contribution in [3.8, 4) is 5.75 Å². The van der Waals surface area contributed by atoms with Gasteiger partial charge in [0.2, 0.25) is 0 Å². The summed E-state index contributed by atoms with van der Waals surface area (Å²) in [5.41, 5.74) is 1.26. The normalized spacial score (nSPS) is 13.9. The van der Waals surface area contributed by atoms with Crippen LogP contribution in [0.2, 0.25) is 0 Å². The molecule has 2 unspecified atom stereocenters. The molecule has 0 bridgehead atoms. The molecule has 2 aromatic rings. The van der Waals surface area contributed by atoms with E-state index >= 15 is 0 Å². The molecule has 2 rings (SSSR count). The first-order valence-electron chi connectivity index (χ1n) is 7.09. The number of aromatic nitrogens is 1. The second kappa shape index (κ2) is 7.41. The molecule has 1 heterocycles. The summed E-state index contributed by atoms with van der Waals surface area (Å²) in [4.78, 5) is 4.35. The molecule has 0 aliphatic rings. The predicted octanol–water partition coefficient (Wildman–Crippen LogP) is 4.34. The maximum absolute atomic E-state index is 5.60. The maximum Gasteiger partial charge on any atom is 0.119 e. The highest BCUT2D eigenvalue weighted by molar-refractivity contribution is 7.09. The van der Waals surface area contributed by atoms with E-state index in [1.54, 1.807) is 11.3 Å². The largest absolute Gasteiger partial charge is 0.494 e. The highest BCUT2D eigenvalue weighted by Crippen LogP contribution is 2.22. The van der Waals surface area contributed by atoms with E-state index < -0.39 is 0 Å². The molecule has 0 saturated carbocycles. The average molecular weight is 290 g/mol. The third kappa shape index (κ3) is 4.05. The monoisotopic (exact) mass is 290 g/mol. The van der Waals surface area contributed by atoms with Crippen molar-refractivity contribution >= 4 is 11.3 Å². The summed E-state index contributed by atoms with van der Waals surface area (Å²) < 4.78 is 5.60. The van der Waals surface area contributed by atoms with Crippen molar-refractivity contribution < 1.29 is 4.74 Å². The molecule has 0 saturated heterocycles. The molecule has 20 heavy (non-hydrogen) atoms. The van der Waals surface area contributed by atoms with Crippen molar-refractivity contribution in [3.63, 3.8) is 0 Å². The van der Waals surface area contributed by atoms with Crippen molar-refractivity contribution in [2.75, 3.05) is 6.61 Å². The van der Waals surface area contributed by atoms with Gasteiger partial charge in [-0.3, -0.25) is 0 Å². The van der Waals surface area contributed by atoms with Gasteiger partial charge in [0.1, 0.15) is 10.8 Å². The van der Waals surface area contributed by atoms with E-state index in [-0.39, 0.29) is 12.1 Å². The highest BCUT2D eigenvalue weighted by atomic mass is 32.1. The lowest BCUT2D eigenvalue weighted by molar-refractivity contribution is 0.317. The second-order valence-electron chi connectivity index (χ2n) is 4.90. The average Bonchev–Trinajstić information content (AvgIpc) is 3.00.